The highest BCUT2D eigenvalue weighted by atomic mass is 32.2. The van der Waals surface area contributed by atoms with Crippen LogP contribution in [0.15, 0.2) is 83.5 Å². The molecule has 58 heavy (non-hydrogen) atoms. The van der Waals surface area contributed by atoms with Crippen molar-refractivity contribution in [3.63, 3.8) is 0 Å². The lowest BCUT2D eigenvalue weighted by molar-refractivity contribution is 0.146. The molecule has 3 aromatic rings. The van der Waals surface area contributed by atoms with Gasteiger partial charge >= 0.3 is 5.66 Å². The van der Waals surface area contributed by atoms with Gasteiger partial charge in [0.05, 0.1) is 43.8 Å². The van der Waals surface area contributed by atoms with Gasteiger partial charge < -0.3 is 28.4 Å². The fourth-order valence-corrected chi connectivity index (χ4v) is 5.42. The van der Waals surface area contributed by atoms with Gasteiger partial charge in [-0.15, -0.1) is 5.11 Å². The SMILES string of the molecule is C=Cc1cc(OC)cc(OCCOC)c1.CC(C)(C#N)SC(=S)c1ccccc1.CCC(C)c1cc(OC)cc(OCCOC)c1.[C-]#[N+]C(C)(C)N=NC(C)(C)C#N. The van der Waals surface area contributed by atoms with Gasteiger partial charge in [-0.2, -0.15) is 15.6 Å². The second kappa shape index (κ2) is 28.4. The van der Waals surface area contributed by atoms with Gasteiger partial charge in [0.15, 0.2) is 5.54 Å². The molecule has 0 aliphatic carbocycles. The van der Waals surface area contributed by atoms with Gasteiger partial charge in [0.25, 0.3) is 0 Å². The molecule has 0 radical (unpaired) electrons. The number of thioether (sulfide) groups is 1. The van der Waals surface area contributed by atoms with Crippen molar-refractivity contribution in [3.05, 3.63) is 101 Å². The van der Waals surface area contributed by atoms with Crippen LogP contribution in [0.2, 0.25) is 0 Å². The Morgan fingerprint density at radius 1 is 0.810 bits per heavy atom. The number of benzene rings is 3. The van der Waals surface area contributed by atoms with Crippen LogP contribution in [0.1, 0.15) is 84.4 Å². The van der Waals surface area contributed by atoms with Crippen LogP contribution >= 0.6 is 24.0 Å². The van der Waals surface area contributed by atoms with E-state index in [4.69, 9.17) is 57.7 Å². The van der Waals surface area contributed by atoms with Crippen molar-refractivity contribution in [1.29, 1.82) is 10.5 Å². The molecule has 0 aromatic heterocycles. The summed E-state index contributed by atoms with van der Waals surface area (Å²) < 4.78 is 31.7. The van der Waals surface area contributed by atoms with E-state index in [9.17, 15) is 0 Å². The Hall–Kier alpha value is -4.97. The van der Waals surface area contributed by atoms with E-state index in [1.54, 1.807) is 62.2 Å². The zero-order valence-corrected chi connectivity index (χ0v) is 37.9. The number of nitrogens with zero attached hydrogens (tertiary/aromatic N) is 5. The van der Waals surface area contributed by atoms with Crippen molar-refractivity contribution in [3.8, 4) is 35.1 Å². The standard InChI is InChI=1S/C14H22O3.C12H16O3.C11H11NS2.C8H12N4/c1-5-11(2)12-8-13(16-4)10-14(9-12)17-7-6-15-3;1-4-10-7-11(14-3)9-12(8-10)15-6-5-13-2;1-11(2,8-12)14-10(13)9-6-4-3-5-7-9;1-7(2,6-9)11-12-8(3,4)10-5/h8-11H,5-7H2,1-4H3;4,7-9H,1,5-6H2,2-3H3;3-7H,1-2H3;1-4H3. The van der Waals surface area contributed by atoms with Gasteiger partial charge in [-0.05, 0) is 81.0 Å². The molecule has 0 fully saturated rings. The normalized spacial score (nSPS) is 11.3. The highest BCUT2D eigenvalue weighted by Gasteiger charge is 2.24. The lowest BCUT2D eigenvalue weighted by Gasteiger charge is -2.14. The lowest BCUT2D eigenvalue weighted by atomic mass is 9.98. The fraction of sp³-hybridized carbons (Fsp3) is 0.467. The predicted molar refractivity (Wildman–Crippen MR) is 240 cm³/mol. The summed E-state index contributed by atoms with van der Waals surface area (Å²) in [6.07, 6.45) is 2.86. The second-order valence-corrected chi connectivity index (χ2v) is 16.2. The summed E-state index contributed by atoms with van der Waals surface area (Å²) in [5, 5.41) is 25.0. The van der Waals surface area contributed by atoms with E-state index in [1.807, 2.05) is 74.5 Å². The number of hydrogen-bond acceptors (Lipinski definition) is 12. The van der Waals surface area contributed by atoms with Crippen LogP contribution in [0.5, 0.6) is 23.0 Å². The zero-order chi connectivity index (χ0) is 44.2. The van der Waals surface area contributed by atoms with Gasteiger partial charge in [-0.25, -0.2) is 6.57 Å². The first-order valence-electron chi connectivity index (χ1n) is 18.6. The topological polar surface area (TPSA) is 132 Å². The molecule has 13 heteroatoms. The molecule has 0 amide bonds. The van der Waals surface area contributed by atoms with Gasteiger partial charge in [-0.1, -0.05) is 80.8 Å². The monoisotopic (exact) mass is 831 g/mol. The Morgan fingerprint density at radius 3 is 1.76 bits per heavy atom. The Kier molecular flexibility index (Phi) is 26.0. The molecule has 3 rings (SSSR count). The number of thiocarbonyl (C=S) groups is 1. The quantitative estimate of drug-likeness (QED) is 0.0560. The van der Waals surface area contributed by atoms with Crippen LogP contribution in [-0.4, -0.2) is 75.0 Å². The first kappa shape index (κ1) is 53.0. The van der Waals surface area contributed by atoms with Crippen molar-refractivity contribution in [2.24, 2.45) is 10.2 Å². The van der Waals surface area contributed by atoms with Crippen LogP contribution < -0.4 is 18.9 Å². The molecule has 0 N–H and O–H groups in total. The minimum atomic E-state index is -0.853. The van der Waals surface area contributed by atoms with Gasteiger partial charge in [0, 0.05) is 40.2 Å². The van der Waals surface area contributed by atoms with E-state index < -0.39 is 15.9 Å². The van der Waals surface area contributed by atoms with Crippen LogP contribution in [-0.2, 0) is 9.47 Å². The summed E-state index contributed by atoms with van der Waals surface area (Å²) in [4.78, 5) is 3.24. The van der Waals surface area contributed by atoms with E-state index in [0.717, 1.165) is 44.7 Å². The maximum Gasteiger partial charge on any atom is 0.335 e. The molecule has 3 aromatic carbocycles. The number of rotatable bonds is 17. The Balaban J connectivity index is 0.000000753. The summed E-state index contributed by atoms with van der Waals surface area (Å²) in [6, 6.07) is 25.6. The van der Waals surface area contributed by atoms with E-state index >= 15 is 0 Å². The Bertz CT molecular complexity index is 1800. The molecular weight excluding hydrogens is 771 g/mol. The molecule has 0 bridgehead atoms. The van der Waals surface area contributed by atoms with E-state index in [-0.39, 0.29) is 0 Å². The molecule has 11 nitrogen and oxygen atoms in total. The largest absolute Gasteiger partial charge is 0.497 e. The number of ether oxygens (including phenoxy) is 6. The third-order valence-electron chi connectivity index (χ3n) is 7.52. The van der Waals surface area contributed by atoms with E-state index in [2.05, 4.69) is 53.7 Å². The molecule has 0 aliphatic rings. The van der Waals surface area contributed by atoms with Crippen molar-refractivity contribution in [2.45, 2.75) is 83.7 Å². The summed E-state index contributed by atoms with van der Waals surface area (Å²) >= 11 is 6.67. The van der Waals surface area contributed by atoms with Gasteiger partial charge in [0.2, 0.25) is 0 Å². The molecule has 0 spiro atoms. The minimum absolute atomic E-state index is 0.451. The van der Waals surface area contributed by atoms with Crippen LogP contribution in [0.4, 0.5) is 0 Å². The molecular formula is C45H61N5O6S2. The van der Waals surface area contributed by atoms with Crippen molar-refractivity contribution in [1.82, 2.24) is 0 Å². The average Bonchev–Trinajstić information content (AvgIpc) is 3.23. The molecule has 0 aliphatic heterocycles. The maximum atomic E-state index is 8.86. The zero-order valence-electron chi connectivity index (χ0n) is 36.3. The third-order valence-corrected chi connectivity index (χ3v) is 9.03. The highest BCUT2D eigenvalue weighted by Crippen LogP contribution is 2.30. The van der Waals surface area contributed by atoms with Crippen LogP contribution in [0.3, 0.4) is 0 Å². The summed E-state index contributed by atoms with van der Waals surface area (Å²) in [6.45, 7) is 27.4. The number of hydrogen-bond donors (Lipinski definition) is 0. The number of methoxy groups -OCH3 is 4. The molecule has 314 valence electrons. The second-order valence-electron chi connectivity index (χ2n) is 13.9. The molecule has 0 heterocycles. The van der Waals surface area contributed by atoms with Crippen LogP contribution in [0, 0.1) is 29.2 Å². The Labute approximate surface area is 357 Å². The average molecular weight is 832 g/mol. The maximum absolute atomic E-state index is 8.86. The molecule has 1 atom stereocenters. The first-order chi connectivity index (χ1) is 27.4. The summed E-state index contributed by atoms with van der Waals surface area (Å²) in [7, 11) is 6.61. The van der Waals surface area contributed by atoms with E-state index in [1.165, 1.54) is 17.3 Å². The molecule has 0 saturated heterocycles. The van der Waals surface area contributed by atoms with E-state index in [0.29, 0.717) is 32.3 Å². The molecule has 0 saturated carbocycles. The summed E-state index contributed by atoms with van der Waals surface area (Å²) in [5.74, 6) is 3.72. The number of nitriles is 2. The Morgan fingerprint density at radius 2 is 1.31 bits per heavy atom. The first-order valence-corrected chi connectivity index (χ1v) is 19.8. The minimum Gasteiger partial charge on any atom is -0.497 e. The van der Waals surface area contributed by atoms with Crippen LogP contribution in [0.25, 0.3) is 10.9 Å². The van der Waals surface area contributed by atoms with Crippen molar-refractivity contribution >= 4 is 34.3 Å². The smallest absolute Gasteiger partial charge is 0.335 e. The van der Waals surface area contributed by atoms with Crippen molar-refractivity contribution < 1.29 is 28.4 Å². The highest BCUT2D eigenvalue weighted by molar-refractivity contribution is 8.24. The summed E-state index contributed by atoms with van der Waals surface area (Å²) in [5.41, 5.74) is 1.55. The van der Waals surface area contributed by atoms with Gasteiger partial charge in [-0.3, -0.25) is 4.85 Å². The lowest BCUT2D eigenvalue weighted by Crippen LogP contribution is -2.16. The van der Waals surface area contributed by atoms with Gasteiger partial charge in [0.1, 0.15) is 41.0 Å². The third kappa shape index (κ3) is 23.3. The predicted octanol–water partition coefficient (Wildman–Crippen LogP) is 11.4. The molecule has 1 unspecified atom stereocenters. The number of azo groups is 1. The fourth-order valence-electron chi connectivity index (χ4n) is 3.89. The van der Waals surface area contributed by atoms with Crippen molar-refractivity contribution in [2.75, 3.05) is 54.9 Å².